The van der Waals surface area contributed by atoms with E-state index >= 15 is 0 Å². The second-order valence-electron chi connectivity index (χ2n) is 6.47. The number of benzene rings is 2. The highest BCUT2D eigenvalue weighted by atomic mass is 32.1. The van der Waals surface area contributed by atoms with Crippen LogP contribution in [0.15, 0.2) is 71.7 Å². The van der Waals surface area contributed by atoms with Gasteiger partial charge in [0.15, 0.2) is 0 Å². The zero-order valence-electron chi connectivity index (χ0n) is 17.0. The van der Waals surface area contributed by atoms with Crippen molar-refractivity contribution in [3.63, 3.8) is 0 Å². The summed E-state index contributed by atoms with van der Waals surface area (Å²) in [6.07, 6.45) is 1.61. The number of nitrogens with one attached hydrogen (secondary N) is 3. The molecule has 0 fully saturated rings. The van der Waals surface area contributed by atoms with Gasteiger partial charge in [-0.1, -0.05) is 12.1 Å². The highest BCUT2D eigenvalue weighted by molar-refractivity contribution is 7.10. The van der Waals surface area contributed by atoms with Gasteiger partial charge in [-0.15, -0.1) is 11.3 Å². The van der Waals surface area contributed by atoms with E-state index in [2.05, 4.69) is 16.0 Å². The molecule has 0 spiro atoms. The molecule has 3 rings (SSSR count). The first-order valence-corrected chi connectivity index (χ1v) is 10.2. The first-order chi connectivity index (χ1) is 14.9. The van der Waals surface area contributed by atoms with Crippen LogP contribution in [0.5, 0.6) is 5.75 Å². The lowest BCUT2D eigenvalue weighted by atomic mass is 10.2. The van der Waals surface area contributed by atoms with Gasteiger partial charge in [-0.2, -0.15) is 0 Å². The summed E-state index contributed by atoms with van der Waals surface area (Å²) in [6.45, 7) is 1.40. The minimum atomic E-state index is -0.491. The number of carbonyl (C=O) groups excluding carboxylic acids is 3. The van der Waals surface area contributed by atoms with Crippen LogP contribution in [0.1, 0.15) is 22.2 Å². The highest BCUT2D eigenvalue weighted by Crippen LogP contribution is 2.18. The average molecular weight is 436 g/mol. The molecule has 1 aromatic heterocycles. The third kappa shape index (κ3) is 6.28. The zero-order valence-corrected chi connectivity index (χ0v) is 17.8. The number of hydrogen-bond acceptors (Lipinski definition) is 5. The van der Waals surface area contributed by atoms with Gasteiger partial charge < -0.3 is 20.7 Å². The summed E-state index contributed by atoms with van der Waals surface area (Å²) in [4.78, 5) is 37.7. The Bertz CT molecular complexity index is 1110. The molecular formula is C23H21N3O4S. The number of amides is 3. The number of carbonyl (C=O) groups is 3. The third-order valence-corrected chi connectivity index (χ3v) is 4.93. The van der Waals surface area contributed by atoms with Gasteiger partial charge in [-0.05, 0) is 60.0 Å². The van der Waals surface area contributed by atoms with Gasteiger partial charge in [0.05, 0.1) is 7.11 Å². The zero-order chi connectivity index (χ0) is 22.2. The quantitative estimate of drug-likeness (QED) is 0.486. The summed E-state index contributed by atoms with van der Waals surface area (Å²) in [7, 11) is 1.54. The van der Waals surface area contributed by atoms with E-state index in [0.717, 1.165) is 4.88 Å². The Morgan fingerprint density at radius 1 is 0.935 bits per heavy atom. The van der Waals surface area contributed by atoms with Crippen molar-refractivity contribution in [1.82, 2.24) is 5.32 Å². The molecule has 0 unspecified atom stereocenters. The van der Waals surface area contributed by atoms with Gasteiger partial charge in [0.25, 0.3) is 11.8 Å². The van der Waals surface area contributed by atoms with Crippen LogP contribution in [-0.4, -0.2) is 24.8 Å². The number of methoxy groups -OCH3 is 1. The molecule has 8 heteroatoms. The van der Waals surface area contributed by atoms with Crippen LogP contribution >= 0.6 is 11.3 Å². The maximum absolute atomic E-state index is 12.9. The summed E-state index contributed by atoms with van der Waals surface area (Å²) in [5, 5.41) is 9.98. The fourth-order valence-corrected chi connectivity index (χ4v) is 3.34. The van der Waals surface area contributed by atoms with Crippen molar-refractivity contribution in [2.75, 3.05) is 17.7 Å². The van der Waals surface area contributed by atoms with Gasteiger partial charge in [-0.3, -0.25) is 14.4 Å². The summed E-state index contributed by atoms with van der Waals surface area (Å²) < 4.78 is 5.11. The van der Waals surface area contributed by atoms with Crippen LogP contribution < -0.4 is 20.7 Å². The highest BCUT2D eigenvalue weighted by Gasteiger charge is 2.16. The normalized spacial score (nSPS) is 10.8. The number of hydrogen-bond donors (Lipinski definition) is 3. The van der Waals surface area contributed by atoms with E-state index in [9.17, 15) is 14.4 Å². The lowest BCUT2D eigenvalue weighted by Crippen LogP contribution is -2.30. The van der Waals surface area contributed by atoms with E-state index in [4.69, 9.17) is 4.74 Å². The summed E-state index contributed by atoms with van der Waals surface area (Å²) in [6, 6.07) is 17.0. The Hall–Kier alpha value is -3.91. The number of ether oxygens (including phenoxy) is 1. The lowest BCUT2D eigenvalue weighted by molar-refractivity contribution is -0.114. The van der Waals surface area contributed by atoms with Crippen LogP contribution in [0.3, 0.4) is 0 Å². The Morgan fingerprint density at radius 2 is 1.65 bits per heavy atom. The molecule has 0 atom stereocenters. The van der Waals surface area contributed by atoms with Gasteiger partial charge in [0.1, 0.15) is 11.4 Å². The molecule has 0 bridgehead atoms. The van der Waals surface area contributed by atoms with E-state index < -0.39 is 11.8 Å². The van der Waals surface area contributed by atoms with E-state index in [0.29, 0.717) is 22.7 Å². The standard InChI is InChI=1S/C23H21N3O4S/c1-15(27)24-17-5-3-6-18(13-17)25-23(29)21(14-20-7-4-12-31-20)26-22(28)16-8-10-19(30-2)11-9-16/h3-14H,1-2H3,(H,24,27)(H,25,29)(H,26,28)/b21-14-. The molecule has 0 aliphatic heterocycles. The molecule has 0 saturated carbocycles. The van der Waals surface area contributed by atoms with Crippen molar-refractivity contribution in [2.45, 2.75) is 6.92 Å². The fourth-order valence-electron chi connectivity index (χ4n) is 2.69. The number of thiophene rings is 1. The average Bonchev–Trinajstić information content (AvgIpc) is 3.26. The third-order valence-electron chi connectivity index (χ3n) is 4.12. The largest absolute Gasteiger partial charge is 0.497 e. The monoisotopic (exact) mass is 435 g/mol. The Balaban J connectivity index is 1.81. The van der Waals surface area contributed by atoms with Crippen LogP contribution in [0.2, 0.25) is 0 Å². The summed E-state index contributed by atoms with van der Waals surface area (Å²) in [5.41, 5.74) is 1.51. The predicted octanol–water partition coefficient (Wildman–Crippen LogP) is 4.12. The van der Waals surface area contributed by atoms with Gasteiger partial charge >= 0.3 is 0 Å². The lowest BCUT2D eigenvalue weighted by Gasteiger charge is -2.12. The molecular weight excluding hydrogens is 414 g/mol. The van der Waals surface area contributed by atoms with Gasteiger partial charge in [-0.25, -0.2) is 0 Å². The maximum Gasteiger partial charge on any atom is 0.272 e. The molecule has 7 nitrogen and oxygen atoms in total. The van der Waals surface area contributed by atoms with E-state index in [1.54, 1.807) is 61.7 Å². The Morgan fingerprint density at radius 3 is 2.26 bits per heavy atom. The first kappa shape index (κ1) is 21.8. The topological polar surface area (TPSA) is 96.5 Å². The molecule has 0 saturated heterocycles. The van der Waals surface area contributed by atoms with Crippen molar-refractivity contribution in [2.24, 2.45) is 0 Å². The maximum atomic E-state index is 12.9. The second-order valence-corrected chi connectivity index (χ2v) is 7.45. The van der Waals surface area contributed by atoms with Crippen LogP contribution in [0, 0.1) is 0 Å². The number of rotatable bonds is 7. The molecule has 3 aromatic rings. The first-order valence-electron chi connectivity index (χ1n) is 9.34. The smallest absolute Gasteiger partial charge is 0.272 e. The van der Waals surface area contributed by atoms with E-state index in [-0.39, 0.29) is 11.6 Å². The number of anilines is 2. The summed E-state index contributed by atoms with van der Waals surface area (Å²) in [5.74, 6) is -0.501. The molecule has 2 aromatic carbocycles. The van der Waals surface area contributed by atoms with Crippen molar-refractivity contribution >= 4 is 46.5 Å². The molecule has 3 N–H and O–H groups in total. The van der Waals surface area contributed by atoms with Crippen molar-refractivity contribution in [1.29, 1.82) is 0 Å². The molecule has 0 radical (unpaired) electrons. The van der Waals surface area contributed by atoms with Crippen LogP contribution in [0.25, 0.3) is 6.08 Å². The van der Waals surface area contributed by atoms with Crippen LogP contribution in [-0.2, 0) is 9.59 Å². The van der Waals surface area contributed by atoms with Crippen molar-refractivity contribution in [3.8, 4) is 5.75 Å². The Kier molecular flexibility index (Phi) is 7.18. The Labute approximate surface area is 183 Å². The molecule has 0 aliphatic rings. The molecule has 0 aliphatic carbocycles. The van der Waals surface area contributed by atoms with Crippen LogP contribution in [0.4, 0.5) is 11.4 Å². The predicted molar refractivity (Wildman–Crippen MR) is 122 cm³/mol. The minimum absolute atomic E-state index is 0.0909. The molecule has 31 heavy (non-hydrogen) atoms. The molecule has 158 valence electrons. The van der Waals surface area contributed by atoms with E-state index in [1.165, 1.54) is 18.3 Å². The van der Waals surface area contributed by atoms with Crippen molar-refractivity contribution in [3.05, 3.63) is 82.2 Å². The van der Waals surface area contributed by atoms with Crippen molar-refractivity contribution < 1.29 is 19.1 Å². The second kappa shape index (κ2) is 10.2. The van der Waals surface area contributed by atoms with Gasteiger partial charge in [0.2, 0.25) is 5.91 Å². The van der Waals surface area contributed by atoms with Gasteiger partial charge in [0, 0.05) is 28.7 Å². The SMILES string of the molecule is COc1ccc(C(=O)N/C(=C\c2cccs2)C(=O)Nc2cccc(NC(C)=O)c2)cc1. The molecule has 1 heterocycles. The fraction of sp³-hybridized carbons (Fsp3) is 0.0870. The summed E-state index contributed by atoms with van der Waals surface area (Å²) >= 11 is 1.44. The minimum Gasteiger partial charge on any atom is -0.497 e. The molecule has 3 amide bonds. The van der Waals surface area contributed by atoms with E-state index in [1.807, 2.05) is 17.5 Å².